The van der Waals surface area contributed by atoms with Gasteiger partial charge in [0.15, 0.2) is 0 Å². The molecule has 0 atom stereocenters. The van der Waals surface area contributed by atoms with E-state index in [9.17, 15) is 4.79 Å². The van der Waals surface area contributed by atoms with Crippen LogP contribution in [0.25, 0.3) is 0 Å². The predicted octanol–water partition coefficient (Wildman–Crippen LogP) is 1.95. The molecule has 1 saturated heterocycles. The van der Waals surface area contributed by atoms with Gasteiger partial charge in [0.05, 0.1) is 0 Å². The first kappa shape index (κ1) is 16.0. The molecule has 0 unspecified atom stereocenters. The Kier molecular flexibility index (Phi) is 4.71. The highest BCUT2D eigenvalue weighted by Crippen LogP contribution is 2.18. The molecule has 2 rings (SSSR count). The summed E-state index contributed by atoms with van der Waals surface area (Å²) in [5.74, 6) is 0.728. The van der Waals surface area contributed by atoms with Gasteiger partial charge >= 0.3 is 0 Å². The third-order valence-corrected chi connectivity index (χ3v) is 4.24. The summed E-state index contributed by atoms with van der Waals surface area (Å²) in [4.78, 5) is 24.4. The largest absolute Gasteiger partial charge is 0.340 e. The highest BCUT2D eigenvalue weighted by Gasteiger charge is 2.26. The second-order valence-electron chi connectivity index (χ2n) is 6.85. The van der Waals surface area contributed by atoms with E-state index in [1.54, 1.807) is 0 Å². The fourth-order valence-corrected chi connectivity index (χ4v) is 2.88. The standard InChI is InChI=1S/C16H28N4O/c1-6-7-13-12(2)17-15(18-14(13)21)19-8-10-20(11-9-19)16(3,4)5/h6-11H2,1-5H3,(H,17,18,21). The summed E-state index contributed by atoms with van der Waals surface area (Å²) in [5, 5.41) is 0. The highest BCUT2D eigenvalue weighted by molar-refractivity contribution is 5.33. The maximum atomic E-state index is 12.2. The molecule has 1 N–H and O–H groups in total. The maximum absolute atomic E-state index is 12.2. The molecule has 1 aromatic heterocycles. The fraction of sp³-hybridized carbons (Fsp3) is 0.750. The Balaban J connectivity index is 2.13. The van der Waals surface area contributed by atoms with Crippen molar-refractivity contribution >= 4 is 5.95 Å². The van der Waals surface area contributed by atoms with Crippen LogP contribution in [0.15, 0.2) is 4.79 Å². The van der Waals surface area contributed by atoms with E-state index in [0.717, 1.165) is 56.2 Å². The number of rotatable bonds is 3. The zero-order valence-corrected chi connectivity index (χ0v) is 14.0. The first-order valence-electron chi connectivity index (χ1n) is 7.92. The molecule has 1 aromatic rings. The molecule has 0 aliphatic carbocycles. The first-order valence-corrected chi connectivity index (χ1v) is 7.92. The van der Waals surface area contributed by atoms with Gasteiger partial charge in [-0.05, 0) is 34.1 Å². The van der Waals surface area contributed by atoms with E-state index in [-0.39, 0.29) is 11.1 Å². The number of piperazine rings is 1. The van der Waals surface area contributed by atoms with E-state index >= 15 is 0 Å². The number of hydrogen-bond donors (Lipinski definition) is 1. The van der Waals surface area contributed by atoms with Gasteiger partial charge in [0, 0.05) is 43.0 Å². The van der Waals surface area contributed by atoms with Crippen molar-refractivity contribution in [2.45, 2.75) is 53.0 Å². The number of nitrogens with zero attached hydrogens (tertiary/aromatic N) is 3. The molecule has 5 nitrogen and oxygen atoms in total. The van der Waals surface area contributed by atoms with E-state index < -0.39 is 0 Å². The minimum atomic E-state index is 0.0256. The minimum absolute atomic E-state index is 0.0256. The third-order valence-electron chi connectivity index (χ3n) is 4.24. The zero-order valence-electron chi connectivity index (χ0n) is 14.0. The van der Waals surface area contributed by atoms with Crippen LogP contribution in [0.1, 0.15) is 45.4 Å². The van der Waals surface area contributed by atoms with Gasteiger partial charge in [0.25, 0.3) is 5.56 Å². The van der Waals surface area contributed by atoms with Gasteiger partial charge in [-0.15, -0.1) is 0 Å². The Morgan fingerprint density at radius 3 is 2.29 bits per heavy atom. The van der Waals surface area contributed by atoms with Gasteiger partial charge in [-0.1, -0.05) is 13.3 Å². The van der Waals surface area contributed by atoms with E-state index in [4.69, 9.17) is 0 Å². The molecule has 1 aliphatic rings. The van der Waals surface area contributed by atoms with Crippen molar-refractivity contribution in [2.24, 2.45) is 0 Å². The number of aromatic amines is 1. The van der Waals surface area contributed by atoms with Crippen molar-refractivity contribution in [3.05, 3.63) is 21.6 Å². The molecule has 0 radical (unpaired) electrons. The molecule has 0 aromatic carbocycles. The number of aromatic nitrogens is 2. The smallest absolute Gasteiger partial charge is 0.255 e. The minimum Gasteiger partial charge on any atom is -0.340 e. The SMILES string of the molecule is CCCc1c(C)nc(N2CCN(C(C)(C)C)CC2)[nH]c1=O. The van der Waals surface area contributed by atoms with Crippen LogP contribution in [-0.2, 0) is 6.42 Å². The average Bonchev–Trinajstić information content (AvgIpc) is 2.42. The highest BCUT2D eigenvalue weighted by atomic mass is 16.1. The lowest BCUT2D eigenvalue weighted by molar-refractivity contribution is 0.128. The first-order chi connectivity index (χ1) is 9.82. The molecule has 21 heavy (non-hydrogen) atoms. The Hall–Kier alpha value is -1.36. The summed E-state index contributed by atoms with van der Waals surface area (Å²) < 4.78 is 0. The molecular formula is C16H28N4O. The Morgan fingerprint density at radius 2 is 1.81 bits per heavy atom. The van der Waals surface area contributed by atoms with E-state index in [2.05, 4.69) is 47.5 Å². The molecule has 1 aliphatic heterocycles. The van der Waals surface area contributed by atoms with Crippen molar-refractivity contribution in [3.63, 3.8) is 0 Å². The Bertz CT molecular complexity index is 536. The summed E-state index contributed by atoms with van der Waals surface area (Å²) in [7, 11) is 0. The van der Waals surface area contributed by atoms with E-state index in [0.29, 0.717) is 0 Å². The van der Waals surface area contributed by atoms with Crippen LogP contribution in [0.4, 0.5) is 5.95 Å². The second-order valence-corrected chi connectivity index (χ2v) is 6.85. The summed E-state index contributed by atoms with van der Waals surface area (Å²) >= 11 is 0. The molecule has 0 amide bonds. The average molecular weight is 292 g/mol. The molecule has 5 heteroatoms. The molecule has 1 fully saturated rings. The molecular weight excluding hydrogens is 264 g/mol. The number of aryl methyl sites for hydroxylation is 1. The van der Waals surface area contributed by atoms with Crippen molar-refractivity contribution in [2.75, 3.05) is 31.1 Å². The van der Waals surface area contributed by atoms with Gasteiger partial charge in [0.1, 0.15) is 0 Å². The number of H-pyrrole nitrogens is 1. The third kappa shape index (κ3) is 3.64. The summed E-state index contributed by atoms with van der Waals surface area (Å²) in [6, 6.07) is 0. The summed E-state index contributed by atoms with van der Waals surface area (Å²) in [6.07, 6.45) is 1.77. The summed E-state index contributed by atoms with van der Waals surface area (Å²) in [6.45, 7) is 14.6. The maximum Gasteiger partial charge on any atom is 0.255 e. The van der Waals surface area contributed by atoms with E-state index in [1.807, 2.05) is 6.92 Å². The van der Waals surface area contributed by atoms with Crippen LogP contribution in [0, 0.1) is 6.92 Å². The Labute approximate surface area is 127 Å². The summed E-state index contributed by atoms with van der Waals surface area (Å²) in [5.41, 5.74) is 1.93. The van der Waals surface area contributed by atoms with Crippen LogP contribution in [0.5, 0.6) is 0 Å². The number of hydrogen-bond acceptors (Lipinski definition) is 4. The molecule has 2 heterocycles. The van der Waals surface area contributed by atoms with E-state index in [1.165, 1.54) is 0 Å². The lowest BCUT2D eigenvalue weighted by Gasteiger charge is -2.42. The van der Waals surface area contributed by atoms with Gasteiger partial charge < -0.3 is 4.90 Å². The van der Waals surface area contributed by atoms with Crippen molar-refractivity contribution in [3.8, 4) is 0 Å². The van der Waals surface area contributed by atoms with Crippen LogP contribution in [-0.4, -0.2) is 46.6 Å². The monoisotopic (exact) mass is 292 g/mol. The number of anilines is 1. The van der Waals surface area contributed by atoms with Gasteiger partial charge in [-0.2, -0.15) is 0 Å². The second kappa shape index (κ2) is 6.18. The van der Waals surface area contributed by atoms with Gasteiger partial charge in [-0.25, -0.2) is 4.98 Å². The van der Waals surface area contributed by atoms with Crippen molar-refractivity contribution < 1.29 is 0 Å². The molecule has 0 bridgehead atoms. The molecule has 0 spiro atoms. The lowest BCUT2D eigenvalue weighted by atomic mass is 10.1. The quantitative estimate of drug-likeness (QED) is 0.925. The topological polar surface area (TPSA) is 52.2 Å². The van der Waals surface area contributed by atoms with Crippen LogP contribution in [0.3, 0.4) is 0 Å². The van der Waals surface area contributed by atoms with Crippen molar-refractivity contribution in [1.82, 2.24) is 14.9 Å². The predicted molar refractivity (Wildman–Crippen MR) is 87.1 cm³/mol. The van der Waals surface area contributed by atoms with Crippen LogP contribution in [0.2, 0.25) is 0 Å². The fourth-order valence-electron chi connectivity index (χ4n) is 2.88. The van der Waals surface area contributed by atoms with Crippen LogP contribution < -0.4 is 10.5 Å². The Morgan fingerprint density at radius 1 is 1.19 bits per heavy atom. The molecule has 118 valence electrons. The van der Waals surface area contributed by atoms with Crippen LogP contribution >= 0.6 is 0 Å². The van der Waals surface area contributed by atoms with Gasteiger partial charge in [0.2, 0.25) is 5.95 Å². The van der Waals surface area contributed by atoms with Gasteiger partial charge in [-0.3, -0.25) is 14.7 Å². The zero-order chi connectivity index (χ0) is 15.6. The molecule has 0 saturated carbocycles. The lowest BCUT2D eigenvalue weighted by Crippen LogP contribution is -2.54. The number of nitrogens with one attached hydrogen (secondary N) is 1. The normalized spacial score (nSPS) is 17.3. The van der Waals surface area contributed by atoms with Crippen molar-refractivity contribution in [1.29, 1.82) is 0 Å².